The van der Waals surface area contributed by atoms with E-state index in [2.05, 4.69) is 20.9 Å². The third kappa shape index (κ3) is 3.96. The van der Waals surface area contributed by atoms with Crippen molar-refractivity contribution in [1.29, 1.82) is 0 Å². The summed E-state index contributed by atoms with van der Waals surface area (Å²) in [5.41, 5.74) is 2.61. The van der Waals surface area contributed by atoms with Crippen LogP contribution in [0.15, 0.2) is 16.1 Å². The molecule has 0 atom stereocenters. The first-order valence-corrected chi connectivity index (χ1v) is 10.7. The van der Waals surface area contributed by atoms with E-state index in [4.69, 9.17) is 21.1 Å². The monoisotopic (exact) mass is 454 g/mol. The number of allylic oxidation sites excluding steroid dienone is 1. The van der Waals surface area contributed by atoms with Crippen LogP contribution in [0.4, 0.5) is 19.3 Å². The second-order valence-electron chi connectivity index (χ2n) is 8.44. The van der Waals surface area contributed by atoms with Crippen LogP contribution in [0.3, 0.4) is 0 Å². The van der Waals surface area contributed by atoms with Gasteiger partial charge in [0.05, 0.1) is 28.5 Å². The van der Waals surface area contributed by atoms with Gasteiger partial charge in [-0.1, -0.05) is 30.9 Å². The molecule has 2 aromatic rings. The fourth-order valence-corrected chi connectivity index (χ4v) is 4.66. The van der Waals surface area contributed by atoms with Crippen LogP contribution in [-0.4, -0.2) is 35.2 Å². The molecule has 2 amide bonds. The highest BCUT2D eigenvalue weighted by atomic mass is 35.5. The molecule has 2 heterocycles. The summed E-state index contributed by atoms with van der Waals surface area (Å²) in [5.74, 6) is -3.13. The van der Waals surface area contributed by atoms with Gasteiger partial charge in [0.2, 0.25) is 5.89 Å². The van der Waals surface area contributed by atoms with E-state index in [1.165, 1.54) is 0 Å². The number of carbonyl (C=O) groups excluding carboxylic acids is 1. The number of fused-ring (bicyclic) bond motifs is 4. The van der Waals surface area contributed by atoms with Crippen LogP contribution >= 0.6 is 11.6 Å². The summed E-state index contributed by atoms with van der Waals surface area (Å²) < 4.78 is 33.3. The Hall–Kier alpha value is -2.39. The van der Waals surface area contributed by atoms with Gasteiger partial charge >= 0.3 is 6.03 Å². The Bertz CT molecular complexity index is 1060. The molecule has 1 aromatic heterocycles. The number of aromatic nitrogens is 1. The molecule has 1 aromatic carbocycles. The number of hydrogen-bond acceptors (Lipinski definition) is 5. The van der Waals surface area contributed by atoms with Crippen LogP contribution in [0.25, 0.3) is 16.8 Å². The molecule has 168 valence electrons. The maximum Gasteiger partial charge on any atom is 0.319 e. The lowest BCUT2D eigenvalue weighted by Gasteiger charge is -2.42. The van der Waals surface area contributed by atoms with Gasteiger partial charge in [0, 0.05) is 5.56 Å². The molecule has 1 saturated carbocycles. The molecule has 0 unspecified atom stereocenters. The molecule has 4 rings (SSSR count). The van der Waals surface area contributed by atoms with Gasteiger partial charge < -0.3 is 25.5 Å². The Morgan fingerprint density at radius 1 is 1.35 bits per heavy atom. The second kappa shape index (κ2) is 7.94. The van der Waals surface area contributed by atoms with Crippen molar-refractivity contribution in [1.82, 2.24) is 15.6 Å². The summed E-state index contributed by atoms with van der Waals surface area (Å²) in [4.78, 5) is 16.9. The number of hydrogen-bond donors (Lipinski definition) is 4. The minimum atomic E-state index is -3.28. The number of oxazole rings is 1. The molecule has 1 spiro atoms. The van der Waals surface area contributed by atoms with Crippen molar-refractivity contribution < 1.29 is 23.1 Å². The van der Waals surface area contributed by atoms with Crippen molar-refractivity contribution in [3.8, 4) is 0 Å². The fraction of sp³-hybridized carbons (Fsp3) is 0.524. The van der Waals surface area contributed by atoms with Gasteiger partial charge in [0.1, 0.15) is 12.1 Å². The minimum absolute atomic E-state index is 0.149. The standard InChI is InChI=1S/C21H25ClF2N4O3/c1-11(2)15(25-9-21(23,24)10-29)18-26-13-8-12(22)16-14(17(13)31-18)20(28-19(30)27-16)6-4-3-5-7-20/h8,25,29H,3-7,9-10H2,1-2H3,(H2,27,28,30). The number of urea groups is 1. The van der Waals surface area contributed by atoms with E-state index < -0.39 is 24.6 Å². The van der Waals surface area contributed by atoms with Gasteiger partial charge in [-0.3, -0.25) is 0 Å². The van der Waals surface area contributed by atoms with Crippen LogP contribution in [0.5, 0.6) is 0 Å². The zero-order valence-electron chi connectivity index (χ0n) is 17.4. The van der Waals surface area contributed by atoms with Crippen molar-refractivity contribution in [2.45, 2.75) is 57.4 Å². The van der Waals surface area contributed by atoms with E-state index in [0.29, 0.717) is 33.1 Å². The SMILES string of the molecule is CC(C)=C(NCC(F)(F)CO)c1nc2cc(Cl)c3c(c2o1)C1(CCCCC1)NC(=O)N3. The Morgan fingerprint density at radius 3 is 2.71 bits per heavy atom. The first-order chi connectivity index (χ1) is 14.7. The molecule has 7 nitrogen and oxygen atoms in total. The fourth-order valence-electron chi connectivity index (χ4n) is 4.41. The lowest BCUT2D eigenvalue weighted by atomic mass is 9.74. The largest absolute Gasteiger partial charge is 0.434 e. The quantitative estimate of drug-likeness (QED) is 0.522. The molecule has 2 aliphatic rings. The highest BCUT2D eigenvalue weighted by molar-refractivity contribution is 6.35. The number of rotatable bonds is 5. The predicted octanol–water partition coefficient (Wildman–Crippen LogP) is 4.74. The molecule has 31 heavy (non-hydrogen) atoms. The van der Waals surface area contributed by atoms with Crippen molar-refractivity contribution >= 4 is 40.1 Å². The van der Waals surface area contributed by atoms with Crippen molar-refractivity contribution in [3.05, 3.63) is 28.1 Å². The van der Waals surface area contributed by atoms with Crippen LogP contribution in [0.1, 0.15) is 57.4 Å². The number of benzene rings is 1. The molecule has 0 radical (unpaired) electrons. The minimum Gasteiger partial charge on any atom is -0.434 e. The molecule has 0 saturated heterocycles. The number of alkyl halides is 2. The molecule has 4 N–H and O–H groups in total. The smallest absolute Gasteiger partial charge is 0.319 e. The normalized spacial score (nSPS) is 17.8. The number of amides is 2. The highest BCUT2D eigenvalue weighted by Crippen LogP contribution is 2.48. The van der Waals surface area contributed by atoms with Crippen LogP contribution < -0.4 is 16.0 Å². The number of aliphatic hydroxyl groups is 1. The van der Waals surface area contributed by atoms with Gasteiger partial charge in [-0.05, 0) is 38.3 Å². The summed E-state index contributed by atoms with van der Waals surface area (Å²) in [7, 11) is 0. The molecule has 1 aliphatic heterocycles. The molecular weight excluding hydrogens is 430 g/mol. The summed E-state index contributed by atoms with van der Waals surface area (Å²) in [6.07, 6.45) is 4.47. The number of nitrogens with one attached hydrogen (secondary N) is 3. The number of halogens is 3. The molecule has 1 fully saturated rings. The van der Waals surface area contributed by atoms with Crippen LogP contribution in [0.2, 0.25) is 5.02 Å². The second-order valence-corrected chi connectivity index (χ2v) is 8.85. The number of carbonyl (C=O) groups is 1. The Morgan fingerprint density at radius 2 is 2.06 bits per heavy atom. The lowest BCUT2D eigenvalue weighted by Crippen LogP contribution is -2.52. The van der Waals surface area contributed by atoms with Gasteiger partial charge in [-0.25, -0.2) is 18.6 Å². The summed E-state index contributed by atoms with van der Waals surface area (Å²) >= 11 is 6.50. The van der Waals surface area contributed by atoms with Crippen molar-refractivity contribution in [3.63, 3.8) is 0 Å². The van der Waals surface area contributed by atoms with E-state index in [0.717, 1.165) is 37.7 Å². The first-order valence-electron chi connectivity index (χ1n) is 10.3. The van der Waals surface area contributed by atoms with Gasteiger partial charge in [-0.15, -0.1) is 0 Å². The lowest BCUT2D eigenvalue weighted by molar-refractivity contribution is -0.0448. The highest BCUT2D eigenvalue weighted by Gasteiger charge is 2.44. The Labute approximate surface area is 183 Å². The van der Waals surface area contributed by atoms with Crippen molar-refractivity contribution in [2.75, 3.05) is 18.5 Å². The van der Waals surface area contributed by atoms with E-state index in [9.17, 15) is 13.6 Å². The van der Waals surface area contributed by atoms with E-state index in [-0.39, 0.29) is 11.9 Å². The summed E-state index contributed by atoms with van der Waals surface area (Å²) in [6.45, 7) is 1.48. The van der Waals surface area contributed by atoms with Gasteiger partial charge in [0.15, 0.2) is 5.58 Å². The third-order valence-corrected chi connectivity index (χ3v) is 6.18. The molecule has 10 heteroatoms. The van der Waals surface area contributed by atoms with Crippen LogP contribution in [-0.2, 0) is 5.54 Å². The average molecular weight is 455 g/mol. The van der Waals surface area contributed by atoms with Crippen molar-refractivity contribution in [2.24, 2.45) is 0 Å². The Balaban J connectivity index is 1.84. The number of nitrogens with zero attached hydrogens (tertiary/aromatic N) is 1. The zero-order valence-corrected chi connectivity index (χ0v) is 18.1. The average Bonchev–Trinajstić information content (AvgIpc) is 3.11. The molecule has 0 bridgehead atoms. The van der Waals surface area contributed by atoms with Crippen LogP contribution in [0, 0.1) is 0 Å². The van der Waals surface area contributed by atoms with E-state index in [1.807, 2.05) is 0 Å². The van der Waals surface area contributed by atoms with Gasteiger partial charge in [-0.2, -0.15) is 0 Å². The maximum absolute atomic E-state index is 13.6. The number of anilines is 1. The first kappa shape index (κ1) is 21.8. The summed E-state index contributed by atoms with van der Waals surface area (Å²) in [5, 5.41) is 17.7. The van der Waals surface area contributed by atoms with Gasteiger partial charge in [0.25, 0.3) is 5.92 Å². The summed E-state index contributed by atoms with van der Waals surface area (Å²) in [6, 6.07) is 1.30. The zero-order chi connectivity index (χ0) is 22.4. The Kier molecular flexibility index (Phi) is 5.59. The van der Waals surface area contributed by atoms with E-state index in [1.54, 1.807) is 19.9 Å². The topological polar surface area (TPSA) is 99.4 Å². The molecule has 1 aliphatic carbocycles. The maximum atomic E-state index is 13.6. The van der Waals surface area contributed by atoms with E-state index >= 15 is 0 Å². The molecular formula is C21H25ClF2N4O3. The number of aliphatic hydroxyl groups excluding tert-OH is 1. The predicted molar refractivity (Wildman–Crippen MR) is 114 cm³/mol. The third-order valence-electron chi connectivity index (χ3n) is 5.88.